The number of piperidine rings is 1. The third-order valence-corrected chi connectivity index (χ3v) is 7.98. The van der Waals surface area contributed by atoms with Crippen LogP contribution in [0.1, 0.15) is 36.8 Å². The summed E-state index contributed by atoms with van der Waals surface area (Å²) < 4.78 is 4.32. The molecule has 6 rings (SSSR count). The number of aliphatic imine (C=N–C) groups is 1. The smallest absolute Gasteiger partial charge is 0.332 e. The van der Waals surface area contributed by atoms with Crippen LogP contribution >= 0.6 is 0 Å². The second-order valence-corrected chi connectivity index (χ2v) is 10.9. The van der Waals surface area contributed by atoms with Gasteiger partial charge in [0.1, 0.15) is 5.82 Å². The average molecular weight is 606 g/mol. The topological polar surface area (TPSA) is 146 Å². The van der Waals surface area contributed by atoms with Gasteiger partial charge < -0.3 is 4.90 Å². The van der Waals surface area contributed by atoms with Gasteiger partial charge in [0.15, 0.2) is 11.2 Å². The molecular weight excluding hydrogens is 574 g/mol. The number of hydrogen-bond donors (Lipinski definition) is 0. The van der Waals surface area contributed by atoms with E-state index in [0.29, 0.717) is 24.9 Å². The van der Waals surface area contributed by atoms with Gasteiger partial charge in [-0.1, -0.05) is 24.1 Å². The van der Waals surface area contributed by atoms with Gasteiger partial charge in [-0.2, -0.15) is 4.98 Å². The van der Waals surface area contributed by atoms with Crippen molar-refractivity contribution in [3.63, 3.8) is 0 Å². The van der Waals surface area contributed by atoms with E-state index in [0.717, 1.165) is 39.6 Å². The SMILES string of the molecule is CC#CCn1c(N2CCCC(/N=C/c3ccc([N+](=O)[O-])cc3)C2)nc2c1c(=O)n(Cc1nc(C)c3ccccc3n1)c(=O)n2C. The van der Waals surface area contributed by atoms with Gasteiger partial charge >= 0.3 is 5.69 Å². The summed E-state index contributed by atoms with van der Waals surface area (Å²) in [4.78, 5) is 58.9. The third kappa shape index (κ3) is 5.70. The quantitative estimate of drug-likeness (QED) is 0.119. The van der Waals surface area contributed by atoms with E-state index in [1.54, 1.807) is 36.9 Å². The summed E-state index contributed by atoms with van der Waals surface area (Å²) in [5, 5.41) is 11.9. The molecule has 0 radical (unpaired) electrons. The molecule has 2 aromatic carbocycles. The summed E-state index contributed by atoms with van der Waals surface area (Å²) in [5.41, 5.74) is 1.87. The minimum Gasteiger partial charge on any atom is -0.340 e. The van der Waals surface area contributed by atoms with Crippen molar-refractivity contribution in [3.8, 4) is 11.8 Å². The molecule has 1 aliphatic heterocycles. The van der Waals surface area contributed by atoms with Crippen LogP contribution in [-0.2, 0) is 20.1 Å². The molecule has 45 heavy (non-hydrogen) atoms. The van der Waals surface area contributed by atoms with Crippen molar-refractivity contribution in [3.05, 3.63) is 96.6 Å². The number of aromatic nitrogens is 6. The molecule has 13 nitrogen and oxygen atoms in total. The Bertz CT molecular complexity index is 2150. The van der Waals surface area contributed by atoms with E-state index < -0.39 is 16.2 Å². The Balaban J connectivity index is 1.36. The fourth-order valence-corrected chi connectivity index (χ4v) is 5.69. The first-order chi connectivity index (χ1) is 21.7. The van der Waals surface area contributed by atoms with Gasteiger partial charge in [0.2, 0.25) is 5.95 Å². The normalized spacial score (nSPS) is 15.1. The summed E-state index contributed by atoms with van der Waals surface area (Å²) in [7, 11) is 1.60. The van der Waals surface area contributed by atoms with Gasteiger partial charge in [-0.15, -0.1) is 5.92 Å². The largest absolute Gasteiger partial charge is 0.340 e. The Labute approximate surface area is 257 Å². The number of rotatable bonds is 7. The fourth-order valence-electron chi connectivity index (χ4n) is 5.69. The van der Waals surface area contributed by atoms with Crippen molar-refractivity contribution < 1.29 is 4.92 Å². The summed E-state index contributed by atoms with van der Waals surface area (Å²) >= 11 is 0. The molecule has 0 aliphatic carbocycles. The molecule has 0 spiro atoms. The number of nitrogens with zero attached hydrogens (tertiary/aromatic N) is 9. The molecular formula is C32H31N9O4. The Morgan fingerprint density at radius 2 is 1.87 bits per heavy atom. The van der Waals surface area contributed by atoms with Crippen molar-refractivity contribution in [2.75, 3.05) is 18.0 Å². The lowest BCUT2D eigenvalue weighted by atomic mass is 10.1. The van der Waals surface area contributed by atoms with Crippen molar-refractivity contribution in [1.29, 1.82) is 0 Å². The molecule has 1 aliphatic rings. The Morgan fingerprint density at radius 3 is 2.62 bits per heavy atom. The van der Waals surface area contributed by atoms with Gasteiger partial charge in [-0.3, -0.25) is 33.6 Å². The predicted octanol–water partition coefficient (Wildman–Crippen LogP) is 3.22. The molecule has 13 heteroatoms. The predicted molar refractivity (Wildman–Crippen MR) is 172 cm³/mol. The number of para-hydroxylation sites is 1. The summed E-state index contributed by atoms with van der Waals surface area (Å²) in [6, 6.07) is 13.8. The molecule has 1 atom stereocenters. The Morgan fingerprint density at radius 1 is 1.09 bits per heavy atom. The zero-order valence-corrected chi connectivity index (χ0v) is 25.2. The van der Waals surface area contributed by atoms with Crippen molar-refractivity contribution in [2.24, 2.45) is 12.0 Å². The van der Waals surface area contributed by atoms with Crippen LogP contribution < -0.4 is 16.1 Å². The van der Waals surface area contributed by atoms with Crippen LogP contribution in [0.3, 0.4) is 0 Å². The van der Waals surface area contributed by atoms with Gasteiger partial charge in [0.05, 0.1) is 29.6 Å². The Kier molecular flexibility index (Phi) is 7.95. The molecule has 0 N–H and O–H groups in total. The molecule has 0 bridgehead atoms. The number of anilines is 1. The number of benzene rings is 2. The van der Waals surface area contributed by atoms with Gasteiger partial charge in [-0.05, 0) is 50.5 Å². The lowest BCUT2D eigenvalue weighted by molar-refractivity contribution is -0.384. The maximum atomic E-state index is 14.0. The monoisotopic (exact) mass is 605 g/mol. The highest BCUT2D eigenvalue weighted by Gasteiger charge is 2.27. The minimum absolute atomic E-state index is 0.0263. The van der Waals surface area contributed by atoms with Crippen LogP contribution in [-0.4, -0.2) is 58.9 Å². The van der Waals surface area contributed by atoms with Crippen molar-refractivity contribution in [2.45, 2.75) is 45.8 Å². The lowest BCUT2D eigenvalue weighted by Gasteiger charge is -2.31. The minimum atomic E-state index is -0.510. The lowest BCUT2D eigenvalue weighted by Crippen LogP contribution is -2.40. The maximum absolute atomic E-state index is 14.0. The van der Waals surface area contributed by atoms with E-state index in [2.05, 4.69) is 26.7 Å². The van der Waals surface area contributed by atoms with Crippen LogP contribution in [0.15, 0.2) is 63.1 Å². The fraction of sp³-hybridized carbons (Fsp3) is 0.312. The standard InChI is InChI=1S/C32H31N9O4/c1-4-5-17-39-28-29(36-31(39)38-16-8-9-23(19-38)33-18-22-12-14-24(15-13-22)41(44)45)37(3)32(43)40(30(28)42)20-27-34-21(2)25-10-6-7-11-26(25)35-27/h6-7,10-15,18,23H,8-9,16-17,19-20H2,1-3H3/b33-18+. The van der Waals surface area contributed by atoms with E-state index >= 15 is 0 Å². The molecule has 0 amide bonds. The number of fused-ring (bicyclic) bond motifs is 2. The van der Waals surface area contributed by atoms with Crippen LogP contribution in [0, 0.1) is 28.9 Å². The Hall–Kier alpha value is -5.64. The van der Waals surface area contributed by atoms with Crippen molar-refractivity contribution in [1.82, 2.24) is 28.7 Å². The summed E-state index contributed by atoms with van der Waals surface area (Å²) in [6.07, 6.45) is 3.42. The molecule has 0 saturated carbocycles. The second kappa shape index (κ2) is 12.2. The van der Waals surface area contributed by atoms with Gasteiger partial charge in [0, 0.05) is 49.6 Å². The highest BCUT2D eigenvalue weighted by Crippen LogP contribution is 2.24. The van der Waals surface area contributed by atoms with E-state index in [4.69, 9.17) is 9.98 Å². The zero-order valence-electron chi connectivity index (χ0n) is 25.2. The third-order valence-electron chi connectivity index (χ3n) is 7.98. The molecule has 4 heterocycles. The van der Waals surface area contributed by atoms with E-state index in [9.17, 15) is 19.7 Å². The average Bonchev–Trinajstić information content (AvgIpc) is 3.44. The van der Waals surface area contributed by atoms with Crippen LogP contribution in [0.4, 0.5) is 11.6 Å². The molecule has 1 unspecified atom stereocenters. The van der Waals surface area contributed by atoms with E-state index in [1.165, 1.54) is 16.7 Å². The first-order valence-corrected chi connectivity index (χ1v) is 14.6. The van der Waals surface area contributed by atoms with Gasteiger partial charge in [-0.25, -0.2) is 14.8 Å². The number of imidazole rings is 1. The number of aryl methyl sites for hydroxylation is 2. The summed E-state index contributed by atoms with van der Waals surface area (Å²) in [6.45, 7) is 4.97. The van der Waals surface area contributed by atoms with E-state index in [1.807, 2.05) is 31.2 Å². The molecule has 1 saturated heterocycles. The first kappa shape index (κ1) is 29.4. The van der Waals surface area contributed by atoms with Crippen LogP contribution in [0.25, 0.3) is 22.1 Å². The number of hydrogen-bond acceptors (Lipinski definition) is 9. The van der Waals surface area contributed by atoms with E-state index in [-0.39, 0.29) is 36.0 Å². The number of nitro benzene ring substituents is 1. The molecule has 228 valence electrons. The highest BCUT2D eigenvalue weighted by atomic mass is 16.6. The van der Waals surface area contributed by atoms with Gasteiger partial charge in [0.25, 0.3) is 11.2 Å². The molecule has 3 aromatic heterocycles. The molecule has 1 fully saturated rings. The maximum Gasteiger partial charge on any atom is 0.332 e. The second-order valence-electron chi connectivity index (χ2n) is 10.9. The van der Waals surface area contributed by atoms with Crippen molar-refractivity contribution >= 4 is 39.9 Å². The summed E-state index contributed by atoms with van der Waals surface area (Å²) in [5.74, 6) is 6.88. The number of non-ortho nitro benzene ring substituents is 1. The highest BCUT2D eigenvalue weighted by molar-refractivity contribution is 5.81. The first-order valence-electron chi connectivity index (χ1n) is 14.6. The molecule has 5 aromatic rings. The van der Waals surface area contributed by atoms with Crippen LogP contribution in [0.5, 0.6) is 0 Å². The number of nitro groups is 1. The van der Waals surface area contributed by atoms with Crippen LogP contribution in [0.2, 0.25) is 0 Å². The zero-order chi connectivity index (χ0) is 31.7.